The third-order valence-corrected chi connectivity index (χ3v) is 4.91. The fraction of sp³-hybridized carbons (Fsp3) is 0.778. The van der Waals surface area contributed by atoms with Gasteiger partial charge in [-0.15, -0.1) is 0 Å². The van der Waals surface area contributed by atoms with Crippen molar-refractivity contribution in [2.45, 2.75) is 71.8 Å². The van der Waals surface area contributed by atoms with E-state index in [-0.39, 0.29) is 18.1 Å². The lowest BCUT2D eigenvalue weighted by Gasteiger charge is -2.33. The highest BCUT2D eigenvalue weighted by atomic mass is 16.5. The van der Waals surface area contributed by atoms with Gasteiger partial charge in [0, 0.05) is 49.4 Å². The van der Waals surface area contributed by atoms with Crippen molar-refractivity contribution in [2.24, 2.45) is 0 Å². The number of rotatable bonds is 5. The number of piperidine rings is 1. The van der Waals surface area contributed by atoms with Gasteiger partial charge < -0.3 is 15.4 Å². The van der Waals surface area contributed by atoms with Gasteiger partial charge in [-0.05, 0) is 40.2 Å². The van der Waals surface area contributed by atoms with Crippen LogP contribution in [0.25, 0.3) is 0 Å². The first-order valence-corrected chi connectivity index (χ1v) is 9.51. The molecular weight excluding hydrogens is 318 g/mol. The van der Waals surface area contributed by atoms with E-state index in [1.165, 1.54) is 11.3 Å². The van der Waals surface area contributed by atoms with Gasteiger partial charge in [0.15, 0.2) is 0 Å². The van der Waals surface area contributed by atoms with Crippen molar-refractivity contribution in [1.82, 2.24) is 25.3 Å². The van der Waals surface area contributed by atoms with Crippen LogP contribution in [0, 0.1) is 0 Å². The Bertz CT molecular complexity index is 599. The second-order valence-electron chi connectivity index (χ2n) is 7.34. The molecule has 1 aromatic heterocycles. The van der Waals surface area contributed by atoms with Crippen molar-refractivity contribution in [1.29, 1.82) is 0 Å². The van der Waals surface area contributed by atoms with Crippen molar-refractivity contribution in [2.75, 3.05) is 19.7 Å². The Labute approximate surface area is 150 Å². The predicted octanol–water partition coefficient (Wildman–Crippen LogP) is 1.65. The van der Waals surface area contributed by atoms with Gasteiger partial charge in [0.05, 0.1) is 18.9 Å². The van der Waals surface area contributed by atoms with Crippen molar-refractivity contribution >= 4 is 6.03 Å². The fourth-order valence-electron chi connectivity index (χ4n) is 3.79. The number of urea groups is 1. The molecule has 0 saturated carbocycles. The Hall–Kier alpha value is -1.60. The molecule has 1 unspecified atom stereocenters. The maximum absolute atomic E-state index is 11.9. The first kappa shape index (κ1) is 18.2. The molecule has 0 aromatic carbocycles. The number of carbonyl (C=O) groups excluding carboxylic acids is 1. The summed E-state index contributed by atoms with van der Waals surface area (Å²) in [7, 11) is 0. The molecule has 1 fully saturated rings. The second-order valence-corrected chi connectivity index (χ2v) is 7.34. The molecule has 1 atom stereocenters. The molecule has 3 rings (SSSR count). The molecule has 25 heavy (non-hydrogen) atoms. The molecule has 1 aromatic rings. The van der Waals surface area contributed by atoms with Gasteiger partial charge in [-0.1, -0.05) is 0 Å². The summed E-state index contributed by atoms with van der Waals surface area (Å²) in [6.45, 7) is 11.2. The lowest BCUT2D eigenvalue weighted by molar-refractivity contribution is 0.107. The van der Waals surface area contributed by atoms with Crippen LogP contribution in [0.3, 0.4) is 0 Å². The van der Waals surface area contributed by atoms with E-state index in [1.54, 1.807) is 0 Å². The zero-order valence-corrected chi connectivity index (χ0v) is 15.7. The summed E-state index contributed by atoms with van der Waals surface area (Å²) < 4.78 is 7.79. The molecule has 3 heterocycles. The smallest absolute Gasteiger partial charge is 0.315 e. The van der Waals surface area contributed by atoms with Crippen LogP contribution < -0.4 is 10.6 Å². The minimum absolute atomic E-state index is 0.0668. The maximum atomic E-state index is 11.9. The van der Waals surface area contributed by atoms with E-state index in [1.807, 2.05) is 13.8 Å². The van der Waals surface area contributed by atoms with Crippen molar-refractivity contribution in [3.05, 3.63) is 17.0 Å². The number of nitrogens with one attached hydrogen (secondary N) is 2. The summed E-state index contributed by atoms with van der Waals surface area (Å²) >= 11 is 0. The number of aryl methyl sites for hydroxylation is 1. The van der Waals surface area contributed by atoms with E-state index in [9.17, 15) is 4.79 Å². The maximum Gasteiger partial charge on any atom is 0.315 e. The van der Waals surface area contributed by atoms with E-state index in [0.29, 0.717) is 6.61 Å². The van der Waals surface area contributed by atoms with Gasteiger partial charge >= 0.3 is 6.03 Å². The summed E-state index contributed by atoms with van der Waals surface area (Å²) in [5.74, 6) is 0. The van der Waals surface area contributed by atoms with E-state index in [2.05, 4.69) is 27.1 Å². The summed E-state index contributed by atoms with van der Waals surface area (Å²) in [6.07, 6.45) is 3.09. The molecule has 7 heteroatoms. The van der Waals surface area contributed by atoms with Crippen LogP contribution in [-0.4, -0.2) is 52.5 Å². The van der Waals surface area contributed by atoms with Crippen molar-refractivity contribution in [3.63, 3.8) is 0 Å². The summed E-state index contributed by atoms with van der Waals surface area (Å²) in [5, 5.41) is 10.8. The van der Waals surface area contributed by atoms with Crippen LogP contribution in [0.15, 0.2) is 0 Å². The van der Waals surface area contributed by atoms with E-state index < -0.39 is 0 Å². The first-order chi connectivity index (χ1) is 12.1. The molecule has 0 aliphatic carbocycles. The normalized spacial score (nSPS) is 21.2. The lowest BCUT2D eigenvalue weighted by atomic mass is 10.0. The molecule has 140 valence electrons. The van der Waals surface area contributed by atoms with Gasteiger partial charge in [0.1, 0.15) is 0 Å². The number of likely N-dealkylation sites (tertiary alicyclic amines) is 1. The SMILES string of the molecule is CCn1nc(CN2CCCC(NC(=O)NC(C)C)C2)c2c1CCOC2. The average molecular weight is 349 g/mol. The molecule has 0 radical (unpaired) electrons. The van der Waals surface area contributed by atoms with Crippen LogP contribution in [-0.2, 0) is 30.9 Å². The minimum Gasteiger partial charge on any atom is -0.376 e. The van der Waals surface area contributed by atoms with Gasteiger partial charge in [0.2, 0.25) is 0 Å². The number of hydrogen-bond acceptors (Lipinski definition) is 4. The first-order valence-electron chi connectivity index (χ1n) is 9.51. The molecule has 1 saturated heterocycles. The summed E-state index contributed by atoms with van der Waals surface area (Å²) in [5.41, 5.74) is 3.76. The monoisotopic (exact) mass is 349 g/mol. The molecule has 2 amide bonds. The highest BCUT2D eigenvalue weighted by Crippen LogP contribution is 2.23. The van der Waals surface area contributed by atoms with Crippen LogP contribution in [0.1, 0.15) is 50.6 Å². The van der Waals surface area contributed by atoms with E-state index in [0.717, 1.165) is 57.7 Å². The van der Waals surface area contributed by atoms with Crippen LogP contribution in [0.5, 0.6) is 0 Å². The molecule has 2 N–H and O–H groups in total. The van der Waals surface area contributed by atoms with Gasteiger partial charge in [-0.25, -0.2) is 4.79 Å². The molecule has 2 aliphatic rings. The third kappa shape index (κ3) is 4.52. The van der Waals surface area contributed by atoms with Crippen molar-refractivity contribution in [3.8, 4) is 0 Å². The van der Waals surface area contributed by atoms with Gasteiger partial charge in [-0.3, -0.25) is 9.58 Å². The topological polar surface area (TPSA) is 71.4 Å². The highest BCUT2D eigenvalue weighted by Gasteiger charge is 2.26. The minimum atomic E-state index is -0.0668. The largest absolute Gasteiger partial charge is 0.376 e. The molecule has 0 spiro atoms. The molecular formula is C18H31N5O2. The fourth-order valence-corrected chi connectivity index (χ4v) is 3.79. The highest BCUT2D eigenvalue weighted by molar-refractivity contribution is 5.74. The Kier molecular flexibility index (Phi) is 5.96. The number of fused-ring (bicyclic) bond motifs is 1. The molecule has 7 nitrogen and oxygen atoms in total. The second kappa shape index (κ2) is 8.19. The quantitative estimate of drug-likeness (QED) is 0.848. The lowest BCUT2D eigenvalue weighted by Crippen LogP contribution is -2.51. The molecule has 0 bridgehead atoms. The standard InChI is InChI=1S/C18H31N5O2/c1-4-23-17-7-9-25-12-15(17)16(21-23)11-22-8-5-6-14(10-22)20-18(24)19-13(2)3/h13-14H,4-12H2,1-3H3,(H2,19,20,24). The zero-order chi connectivity index (χ0) is 17.8. The Morgan fingerprint density at radius 1 is 1.44 bits per heavy atom. The average Bonchev–Trinajstić information content (AvgIpc) is 2.92. The zero-order valence-electron chi connectivity index (χ0n) is 15.7. The van der Waals surface area contributed by atoms with Gasteiger partial charge in [0.25, 0.3) is 0 Å². The Balaban J connectivity index is 1.61. The van der Waals surface area contributed by atoms with Crippen LogP contribution in [0.4, 0.5) is 4.79 Å². The number of nitrogens with zero attached hydrogens (tertiary/aromatic N) is 3. The predicted molar refractivity (Wildman–Crippen MR) is 96.4 cm³/mol. The summed E-state index contributed by atoms with van der Waals surface area (Å²) in [4.78, 5) is 14.4. The number of aromatic nitrogens is 2. The van der Waals surface area contributed by atoms with E-state index >= 15 is 0 Å². The summed E-state index contributed by atoms with van der Waals surface area (Å²) in [6, 6.07) is 0.292. The van der Waals surface area contributed by atoms with E-state index in [4.69, 9.17) is 9.84 Å². The number of hydrogen-bond donors (Lipinski definition) is 2. The van der Waals surface area contributed by atoms with Crippen molar-refractivity contribution < 1.29 is 9.53 Å². The van der Waals surface area contributed by atoms with Crippen LogP contribution in [0.2, 0.25) is 0 Å². The third-order valence-electron chi connectivity index (χ3n) is 4.91. The number of ether oxygens (including phenoxy) is 1. The molecule has 2 aliphatic heterocycles. The van der Waals surface area contributed by atoms with Crippen LogP contribution >= 0.6 is 0 Å². The number of carbonyl (C=O) groups is 1. The van der Waals surface area contributed by atoms with Gasteiger partial charge in [-0.2, -0.15) is 5.10 Å². The Morgan fingerprint density at radius 3 is 3.04 bits per heavy atom. The Morgan fingerprint density at radius 2 is 2.28 bits per heavy atom. The number of amides is 2.